The lowest BCUT2D eigenvalue weighted by Gasteiger charge is -2.31. The topological polar surface area (TPSA) is 74.6 Å². The number of carbonyl (C=O) groups is 1. The first kappa shape index (κ1) is 24.4. The SMILES string of the molecule is COCCSN1CCC(c2c[nH]c3c(C(N)=O)cc(-c4ccc5c(c4)CN(C(C)C)C5)cc23)CC1. The van der Waals surface area contributed by atoms with Crippen molar-refractivity contribution in [2.75, 3.05) is 32.6 Å². The fraction of sp³-hybridized carbons (Fsp3) is 0.464. The Hall–Kier alpha value is -2.32. The predicted molar refractivity (Wildman–Crippen MR) is 145 cm³/mol. The van der Waals surface area contributed by atoms with Crippen LogP contribution in [-0.2, 0) is 17.8 Å². The summed E-state index contributed by atoms with van der Waals surface area (Å²) in [7, 11) is 1.75. The molecule has 2 aliphatic rings. The molecule has 2 aliphatic heterocycles. The van der Waals surface area contributed by atoms with Gasteiger partial charge in [0.15, 0.2) is 0 Å². The Balaban J connectivity index is 1.44. The van der Waals surface area contributed by atoms with Gasteiger partial charge in [-0.05, 0) is 78.6 Å². The highest BCUT2D eigenvalue weighted by Gasteiger charge is 2.25. The van der Waals surface area contributed by atoms with Crippen LogP contribution in [0.1, 0.15) is 59.7 Å². The molecule has 1 fully saturated rings. The standard InChI is InChI=1S/C28H36N4O2S/c1-18(2)31-16-21-5-4-20(12-23(21)17-31)22-13-24-26(15-30-27(24)25(14-22)28(29)33)19-6-8-32(9-7-19)35-11-10-34-3/h4-5,12-15,18-19,30H,6-11,16-17H2,1-3H3,(H2,29,33). The molecule has 1 saturated heterocycles. The third kappa shape index (κ3) is 5.00. The molecule has 3 heterocycles. The van der Waals surface area contributed by atoms with E-state index in [9.17, 15) is 4.79 Å². The van der Waals surface area contributed by atoms with Gasteiger partial charge in [-0.15, -0.1) is 0 Å². The van der Waals surface area contributed by atoms with Crippen molar-refractivity contribution in [3.8, 4) is 11.1 Å². The average molecular weight is 493 g/mol. The number of amides is 1. The van der Waals surface area contributed by atoms with Crippen LogP contribution >= 0.6 is 11.9 Å². The molecule has 186 valence electrons. The quantitative estimate of drug-likeness (QED) is 0.337. The van der Waals surface area contributed by atoms with E-state index in [-0.39, 0.29) is 5.91 Å². The van der Waals surface area contributed by atoms with Gasteiger partial charge in [0.25, 0.3) is 5.91 Å². The molecule has 2 aromatic carbocycles. The number of nitrogens with one attached hydrogen (secondary N) is 1. The molecule has 0 atom stereocenters. The van der Waals surface area contributed by atoms with Gasteiger partial charge in [0.1, 0.15) is 0 Å². The Morgan fingerprint density at radius 1 is 1.14 bits per heavy atom. The van der Waals surface area contributed by atoms with E-state index in [0.717, 1.165) is 73.4 Å². The van der Waals surface area contributed by atoms with Crippen molar-refractivity contribution in [3.63, 3.8) is 0 Å². The second-order valence-corrected chi connectivity index (χ2v) is 11.2. The van der Waals surface area contributed by atoms with Crippen molar-refractivity contribution in [3.05, 3.63) is 58.8 Å². The van der Waals surface area contributed by atoms with Gasteiger partial charge in [0.2, 0.25) is 0 Å². The lowest BCUT2D eigenvalue weighted by molar-refractivity contribution is 0.100. The molecule has 7 heteroatoms. The highest BCUT2D eigenvalue weighted by molar-refractivity contribution is 7.97. The largest absolute Gasteiger partial charge is 0.384 e. The Morgan fingerprint density at radius 3 is 2.63 bits per heavy atom. The lowest BCUT2D eigenvalue weighted by atomic mass is 9.88. The van der Waals surface area contributed by atoms with Crippen LogP contribution in [0.15, 0.2) is 36.5 Å². The van der Waals surface area contributed by atoms with Gasteiger partial charge in [-0.3, -0.25) is 14.0 Å². The molecule has 3 N–H and O–H groups in total. The number of primary amides is 1. The Kier molecular flexibility index (Phi) is 7.21. The molecule has 3 aromatic rings. The van der Waals surface area contributed by atoms with Crippen LogP contribution in [0.25, 0.3) is 22.0 Å². The summed E-state index contributed by atoms with van der Waals surface area (Å²) in [5.41, 5.74) is 13.6. The summed E-state index contributed by atoms with van der Waals surface area (Å²) in [4.78, 5) is 18.3. The number of carbonyl (C=O) groups excluding carboxylic acids is 1. The fourth-order valence-electron chi connectivity index (χ4n) is 5.46. The van der Waals surface area contributed by atoms with Crippen molar-refractivity contribution in [2.24, 2.45) is 5.73 Å². The van der Waals surface area contributed by atoms with E-state index in [1.54, 1.807) is 7.11 Å². The number of methoxy groups -OCH3 is 1. The summed E-state index contributed by atoms with van der Waals surface area (Å²) in [6.07, 6.45) is 4.31. The normalized spacial score (nSPS) is 17.5. The summed E-state index contributed by atoms with van der Waals surface area (Å²) in [6, 6.07) is 11.5. The summed E-state index contributed by atoms with van der Waals surface area (Å²) < 4.78 is 7.64. The number of ether oxygens (including phenoxy) is 1. The maximum Gasteiger partial charge on any atom is 0.250 e. The minimum absolute atomic E-state index is 0.387. The summed E-state index contributed by atoms with van der Waals surface area (Å²) in [6.45, 7) is 9.37. The number of aromatic amines is 1. The molecule has 0 aliphatic carbocycles. The van der Waals surface area contributed by atoms with Crippen molar-refractivity contribution in [2.45, 2.75) is 51.7 Å². The number of rotatable bonds is 8. The first-order valence-corrected chi connectivity index (χ1v) is 13.6. The molecule has 35 heavy (non-hydrogen) atoms. The van der Waals surface area contributed by atoms with E-state index in [1.165, 1.54) is 16.7 Å². The molecule has 1 aromatic heterocycles. The van der Waals surface area contributed by atoms with Crippen LogP contribution in [0.3, 0.4) is 0 Å². The Labute approximate surface area is 212 Å². The third-order valence-electron chi connectivity index (χ3n) is 7.56. The summed E-state index contributed by atoms with van der Waals surface area (Å²) in [5.74, 6) is 1.08. The van der Waals surface area contributed by atoms with Crippen molar-refractivity contribution in [1.29, 1.82) is 0 Å². The van der Waals surface area contributed by atoms with Gasteiger partial charge in [-0.2, -0.15) is 0 Å². The molecule has 0 saturated carbocycles. The van der Waals surface area contributed by atoms with Gasteiger partial charge < -0.3 is 15.5 Å². The zero-order valence-electron chi connectivity index (χ0n) is 21.0. The highest BCUT2D eigenvalue weighted by atomic mass is 32.2. The van der Waals surface area contributed by atoms with E-state index in [1.807, 2.05) is 18.0 Å². The van der Waals surface area contributed by atoms with Gasteiger partial charge in [0.05, 0.1) is 17.7 Å². The lowest BCUT2D eigenvalue weighted by Crippen LogP contribution is -2.28. The van der Waals surface area contributed by atoms with Crippen molar-refractivity contribution < 1.29 is 9.53 Å². The Morgan fingerprint density at radius 2 is 1.91 bits per heavy atom. The zero-order chi connectivity index (χ0) is 24.5. The molecular weight excluding hydrogens is 456 g/mol. The molecule has 0 bridgehead atoms. The van der Waals surface area contributed by atoms with Crippen LogP contribution in [0, 0.1) is 0 Å². The van der Waals surface area contributed by atoms with Crippen LogP contribution in [0.2, 0.25) is 0 Å². The highest BCUT2D eigenvalue weighted by Crippen LogP contribution is 2.38. The molecule has 0 spiro atoms. The van der Waals surface area contributed by atoms with Crippen LogP contribution in [0.4, 0.5) is 0 Å². The molecular formula is C28H36N4O2S. The van der Waals surface area contributed by atoms with E-state index in [4.69, 9.17) is 10.5 Å². The van der Waals surface area contributed by atoms with Gasteiger partial charge in [0, 0.05) is 56.7 Å². The number of hydrogen-bond acceptors (Lipinski definition) is 5. The summed E-state index contributed by atoms with van der Waals surface area (Å²) >= 11 is 1.88. The zero-order valence-corrected chi connectivity index (χ0v) is 21.8. The number of benzene rings is 2. The predicted octanol–water partition coefficient (Wildman–Crippen LogP) is 5.13. The van der Waals surface area contributed by atoms with Crippen molar-refractivity contribution in [1.82, 2.24) is 14.2 Å². The first-order chi connectivity index (χ1) is 16.9. The van der Waals surface area contributed by atoms with Gasteiger partial charge >= 0.3 is 0 Å². The summed E-state index contributed by atoms with van der Waals surface area (Å²) in [5, 5.41) is 1.13. The molecule has 1 amide bonds. The number of hydrogen-bond donors (Lipinski definition) is 2. The number of nitrogens with two attached hydrogens (primary N) is 1. The minimum atomic E-state index is -0.387. The third-order valence-corrected chi connectivity index (χ3v) is 8.64. The number of H-pyrrole nitrogens is 1. The maximum absolute atomic E-state index is 12.4. The van der Waals surface area contributed by atoms with E-state index >= 15 is 0 Å². The molecule has 0 unspecified atom stereocenters. The minimum Gasteiger partial charge on any atom is -0.384 e. The number of aromatic nitrogens is 1. The van der Waals surface area contributed by atoms with Gasteiger partial charge in [-0.1, -0.05) is 24.1 Å². The van der Waals surface area contributed by atoms with Crippen LogP contribution < -0.4 is 5.73 Å². The fourth-order valence-corrected chi connectivity index (χ4v) is 6.43. The second-order valence-electron chi connectivity index (χ2n) is 10.1. The number of piperidine rings is 1. The molecule has 0 radical (unpaired) electrons. The smallest absolute Gasteiger partial charge is 0.250 e. The first-order valence-electron chi connectivity index (χ1n) is 12.6. The van der Waals surface area contributed by atoms with E-state index in [0.29, 0.717) is 17.5 Å². The number of nitrogens with zero attached hydrogens (tertiary/aromatic N) is 2. The monoisotopic (exact) mass is 492 g/mol. The average Bonchev–Trinajstić information content (AvgIpc) is 3.48. The molecule has 6 nitrogen and oxygen atoms in total. The number of fused-ring (bicyclic) bond motifs is 2. The molecule has 5 rings (SSSR count). The van der Waals surface area contributed by atoms with Crippen molar-refractivity contribution >= 4 is 28.8 Å². The maximum atomic E-state index is 12.4. The second kappa shape index (κ2) is 10.3. The van der Waals surface area contributed by atoms with E-state index < -0.39 is 0 Å². The van der Waals surface area contributed by atoms with Crippen LogP contribution in [0.5, 0.6) is 0 Å². The Bertz CT molecular complexity index is 1210. The van der Waals surface area contributed by atoms with Crippen LogP contribution in [-0.4, -0.2) is 58.7 Å². The van der Waals surface area contributed by atoms with E-state index in [2.05, 4.69) is 58.5 Å². The van der Waals surface area contributed by atoms with Gasteiger partial charge in [-0.25, -0.2) is 0 Å².